The summed E-state index contributed by atoms with van der Waals surface area (Å²) in [7, 11) is 0. The van der Waals surface area contributed by atoms with Gasteiger partial charge in [-0.1, -0.05) is 25.1 Å². The van der Waals surface area contributed by atoms with Crippen LogP contribution in [0.3, 0.4) is 0 Å². The highest BCUT2D eigenvalue weighted by Gasteiger charge is 2.53. The van der Waals surface area contributed by atoms with E-state index in [2.05, 4.69) is 11.4 Å². The fraction of sp³-hybridized carbons (Fsp3) is 0.500. The molecule has 4 nitrogen and oxygen atoms in total. The third-order valence-electron chi connectivity index (χ3n) is 4.56. The zero-order valence-corrected chi connectivity index (χ0v) is 11.9. The van der Waals surface area contributed by atoms with Crippen molar-refractivity contribution in [2.24, 2.45) is 11.3 Å². The summed E-state index contributed by atoms with van der Waals surface area (Å²) in [4.78, 5) is 12.6. The first-order valence-corrected chi connectivity index (χ1v) is 6.92. The van der Waals surface area contributed by atoms with Gasteiger partial charge >= 0.3 is 0 Å². The topological polar surface area (TPSA) is 73.1 Å². The minimum absolute atomic E-state index is 0.321. The predicted molar refractivity (Wildman–Crippen MR) is 76.8 cm³/mol. The van der Waals surface area contributed by atoms with E-state index in [1.807, 2.05) is 18.2 Å². The Morgan fingerprint density at radius 3 is 2.65 bits per heavy atom. The zero-order chi connectivity index (χ0) is 14.8. The summed E-state index contributed by atoms with van der Waals surface area (Å²) in [5.74, 6) is -0.726. The van der Waals surface area contributed by atoms with Crippen LogP contribution in [0, 0.1) is 22.7 Å². The number of carbonyl (C=O) groups excluding carboxylic acids is 1. The van der Waals surface area contributed by atoms with Gasteiger partial charge in [-0.25, -0.2) is 0 Å². The molecule has 0 spiro atoms. The molecule has 0 heterocycles. The molecule has 0 bridgehead atoms. The predicted octanol–water partition coefficient (Wildman–Crippen LogP) is 2.71. The Morgan fingerprint density at radius 1 is 1.40 bits per heavy atom. The Balaban J connectivity index is 2.27. The Hall–Kier alpha value is -1.86. The van der Waals surface area contributed by atoms with Gasteiger partial charge in [0.2, 0.25) is 5.91 Å². The summed E-state index contributed by atoms with van der Waals surface area (Å²) in [5.41, 5.74) is -1.48. The molecule has 0 radical (unpaired) electrons. The first-order chi connectivity index (χ1) is 9.42. The lowest BCUT2D eigenvalue weighted by Crippen LogP contribution is -2.53. The van der Waals surface area contributed by atoms with Crippen molar-refractivity contribution in [1.82, 2.24) is 0 Å². The first kappa shape index (κ1) is 14.5. The summed E-state index contributed by atoms with van der Waals surface area (Å²) in [6.45, 7) is 3.49. The molecule has 106 valence electrons. The van der Waals surface area contributed by atoms with Gasteiger partial charge in [0, 0.05) is 11.6 Å². The quantitative estimate of drug-likeness (QED) is 0.869. The van der Waals surface area contributed by atoms with E-state index in [1.54, 1.807) is 26.0 Å². The van der Waals surface area contributed by atoms with E-state index in [0.717, 1.165) is 0 Å². The van der Waals surface area contributed by atoms with Crippen LogP contribution in [0.5, 0.6) is 0 Å². The van der Waals surface area contributed by atoms with E-state index in [-0.39, 0.29) is 5.91 Å². The number of nitriles is 1. The molecular weight excluding hydrogens is 252 g/mol. The molecular formula is C16H20N2O2. The van der Waals surface area contributed by atoms with Crippen LogP contribution in [-0.2, 0) is 4.79 Å². The van der Waals surface area contributed by atoms with Crippen LogP contribution in [0.1, 0.15) is 33.1 Å². The number of amides is 1. The summed E-state index contributed by atoms with van der Waals surface area (Å²) >= 11 is 0. The smallest absolute Gasteiger partial charge is 0.245 e. The standard InChI is InChI=1S/C16H20N2O2/c1-12-15(2,20)9-6-10-16(12,11-17)14(19)18-13-7-4-3-5-8-13/h3-5,7-8,12,20H,6,9-10H2,1-2H3,(H,18,19)/t12-,15-,16-/m1/s1. The Morgan fingerprint density at radius 2 is 2.05 bits per heavy atom. The number of carbonyl (C=O) groups is 1. The largest absolute Gasteiger partial charge is 0.390 e. The molecule has 2 N–H and O–H groups in total. The van der Waals surface area contributed by atoms with Crippen molar-refractivity contribution in [3.63, 3.8) is 0 Å². The van der Waals surface area contributed by atoms with Gasteiger partial charge in [0.25, 0.3) is 0 Å². The number of para-hydroxylation sites is 1. The van der Waals surface area contributed by atoms with Crippen molar-refractivity contribution in [3.8, 4) is 6.07 Å². The third-order valence-corrected chi connectivity index (χ3v) is 4.56. The van der Waals surface area contributed by atoms with Crippen molar-refractivity contribution in [2.75, 3.05) is 5.32 Å². The highest BCUT2D eigenvalue weighted by Crippen LogP contribution is 2.46. The maximum atomic E-state index is 12.6. The molecule has 0 aromatic heterocycles. The Bertz CT molecular complexity index is 533. The summed E-state index contributed by atoms with van der Waals surface area (Å²) in [6.07, 6.45) is 1.78. The summed E-state index contributed by atoms with van der Waals surface area (Å²) in [6, 6.07) is 11.3. The van der Waals surface area contributed by atoms with E-state index < -0.39 is 16.9 Å². The van der Waals surface area contributed by atoms with Gasteiger partial charge in [-0.15, -0.1) is 0 Å². The highest BCUT2D eigenvalue weighted by molar-refractivity contribution is 5.97. The van der Waals surface area contributed by atoms with Crippen LogP contribution in [0.15, 0.2) is 30.3 Å². The summed E-state index contributed by atoms with van der Waals surface area (Å²) in [5, 5.41) is 22.8. The molecule has 1 aromatic rings. The second-order valence-electron chi connectivity index (χ2n) is 5.84. The zero-order valence-electron chi connectivity index (χ0n) is 11.9. The number of rotatable bonds is 2. The molecule has 0 aliphatic heterocycles. The molecule has 1 aliphatic carbocycles. The normalized spacial score (nSPS) is 33.2. The van der Waals surface area contributed by atoms with Gasteiger partial charge in [0.1, 0.15) is 5.41 Å². The molecule has 1 saturated carbocycles. The second-order valence-corrected chi connectivity index (χ2v) is 5.84. The number of aliphatic hydroxyl groups is 1. The van der Waals surface area contributed by atoms with Crippen molar-refractivity contribution < 1.29 is 9.90 Å². The average Bonchev–Trinajstić information content (AvgIpc) is 2.43. The van der Waals surface area contributed by atoms with E-state index in [9.17, 15) is 15.2 Å². The molecule has 3 atom stereocenters. The van der Waals surface area contributed by atoms with Crippen LogP contribution >= 0.6 is 0 Å². The van der Waals surface area contributed by atoms with Crippen molar-refractivity contribution in [1.29, 1.82) is 5.26 Å². The van der Waals surface area contributed by atoms with Crippen LogP contribution < -0.4 is 5.32 Å². The molecule has 20 heavy (non-hydrogen) atoms. The minimum atomic E-state index is -1.17. The van der Waals surface area contributed by atoms with Gasteiger partial charge in [0.15, 0.2) is 0 Å². The molecule has 0 saturated heterocycles. The van der Waals surface area contributed by atoms with E-state index in [4.69, 9.17) is 0 Å². The fourth-order valence-corrected chi connectivity index (χ4v) is 2.97. The van der Waals surface area contributed by atoms with Crippen LogP contribution in [0.25, 0.3) is 0 Å². The molecule has 1 aromatic carbocycles. The Labute approximate surface area is 119 Å². The molecule has 0 unspecified atom stereocenters. The molecule has 1 fully saturated rings. The summed E-state index contributed by atoms with van der Waals surface area (Å²) < 4.78 is 0. The van der Waals surface area contributed by atoms with E-state index in [1.165, 1.54) is 0 Å². The fourth-order valence-electron chi connectivity index (χ4n) is 2.97. The molecule has 4 heteroatoms. The van der Waals surface area contributed by atoms with Crippen LogP contribution in [0.4, 0.5) is 5.69 Å². The van der Waals surface area contributed by atoms with E-state index in [0.29, 0.717) is 24.9 Å². The second kappa shape index (κ2) is 5.26. The molecule has 2 rings (SSSR count). The van der Waals surface area contributed by atoms with Gasteiger partial charge in [0.05, 0.1) is 11.7 Å². The average molecular weight is 272 g/mol. The van der Waals surface area contributed by atoms with Crippen LogP contribution in [0.2, 0.25) is 0 Å². The van der Waals surface area contributed by atoms with Crippen molar-refractivity contribution in [3.05, 3.63) is 30.3 Å². The number of nitrogens with zero attached hydrogens (tertiary/aromatic N) is 1. The van der Waals surface area contributed by atoms with Crippen LogP contribution in [-0.4, -0.2) is 16.6 Å². The SMILES string of the molecule is C[C@@H]1[C@](C)(O)CCC[C@]1(C#N)C(=O)Nc1ccccc1. The highest BCUT2D eigenvalue weighted by atomic mass is 16.3. The van der Waals surface area contributed by atoms with Gasteiger partial charge in [-0.2, -0.15) is 5.26 Å². The Kier molecular flexibility index (Phi) is 3.82. The monoisotopic (exact) mass is 272 g/mol. The minimum Gasteiger partial charge on any atom is -0.390 e. The lowest BCUT2D eigenvalue weighted by Gasteiger charge is -2.44. The van der Waals surface area contributed by atoms with Crippen molar-refractivity contribution >= 4 is 11.6 Å². The van der Waals surface area contributed by atoms with Gasteiger partial charge < -0.3 is 10.4 Å². The van der Waals surface area contributed by atoms with Gasteiger partial charge in [-0.05, 0) is 38.3 Å². The number of hydrogen-bond donors (Lipinski definition) is 2. The maximum absolute atomic E-state index is 12.6. The first-order valence-electron chi connectivity index (χ1n) is 6.92. The lowest BCUT2D eigenvalue weighted by molar-refractivity contribution is -0.137. The number of hydrogen-bond acceptors (Lipinski definition) is 3. The lowest BCUT2D eigenvalue weighted by atomic mass is 9.61. The van der Waals surface area contributed by atoms with E-state index >= 15 is 0 Å². The maximum Gasteiger partial charge on any atom is 0.245 e. The van der Waals surface area contributed by atoms with Crippen molar-refractivity contribution in [2.45, 2.75) is 38.7 Å². The molecule has 1 aliphatic rings. The number of benzene rings is 1. The third kappa shape index (κ3) is 2.41. The van der Waals surface area contributed by atoms with Gasteiger partial charge in [-0.3, -0.25) is 4.79 Å². The number of anilines is 1. The number of nitrogens with one attached hydrogen (secondary N) is 1. The molecule has 1 amide bonds.